The van der Waals surface area contributed by atoms with Crippen molar-refractivity contribution in [1.82, 2.24) is 9.99 Å². The first kappa shape index (κ1) is 38.5. The lowest BCUT2D eigenvalue weighted by molar-refractivity contribution is -0.139. The Labute approximate surface area is 332 Å². The van der Waals surface area contributed by atoms with Crippen molar-refractivity contribution < 1.29 is 52.2 Å². The molecule has 4 N–H and O–H groups in total. The standard InChI is InChI=1S/C39H30BCl2F3N4O8/c1-57-30-13-18(5-12-29(30)50)32-24-10-11-25-31(36(53)48(34(25)51)23-4-2-3-21(15-23)40(55)56)26(24)16-27-35(52)49(37(54)38(27,32)19-6-8-22(41)9-7-19)47-33-28(42)14-20(17-46-33)39(43,44)45/h2-10,12-15,17,25-27,31-32,50,55-56H,11,16H2,1H3,(H,46,47)/t25-,26+,27-,31-,32-,38+/m0/s1. The molecule has 4 aromatic rings. The van der Waals surface area contributed by atoms with Crippen LogP contribution in [0.2, 0.25) is 10.0 Å². The monoisotopic (exact) mass is 820 g/mol. The molecule has 2 aliphatic carbocycles. The molecule has 2 aliphatic heterocycles. The smallest absolute Gasteiger partial charge is 0.488 e. The van der Waals surface area contributed by atoms with Gasteiger partial charge in [0.05, 0.1) is 46.6 Å². The number of pyridine rings is 1. The van der Waals surface area contributed by atoms with Crippen LogP contribution in [0.25, 0.3) is 0 Å². The lowest BCUT2D eigenvalue weighted by Crippen LogP contribution is -2.53. The van der Waals surface area contributed by atoms with Gasteiger partial charge in [0, 0.05) is 17.1 Å². The number of hydrogen-bond donors (Lipinski definition) is 4. The van der Waals surface area contributed by atoms with E-state index in [-0.39, 0.29) is 35.5 Å². The Hall–Kier alpha value is -5.42. The first-order chi connectivity index (χ1) is 27.1. The summed E-state index contributed by atoms with van der Waals surface area (Å²) in [6.45, 7) is 0. The number of benzene rings is 3. The highest BCUT2D eigenvalue weighted by molar-refractivity contribution is 6.58. The maximum absolute atomic E-state index is 15.3. The largest absolute Gasteiger partial charge is 0.504 e. The second kappa shape index (κ2) is 13.9. The van der Waals surface area contributed by atoms with Crippen LogP contribution in [0.4, 0.5) is 24.7 Å². The van der Waals surface area contributed by atoms with Gasteiger partial charge in [0.1, 0.15) is 0 Å². The summed E-state index contributed by atoms with van der Waals surface area (Å²) in [4.78, 5) is 63.6. The number of carbonyl (C=O) groups is 4. The zero-order valence-corrected chi connectivity index (χ0v) is 31.1. The average molecular weight is 821 g/mol. The molecule has 3 aromatic carbocycles. The molecule has 0 spiro atoms. The quantitative estimate of drug-likeness (QED) is 0.113. The summed E-state index contributed by atoms with van der Waals surface area (Å²) in [5.74, 6) is -8.31. The molecule has 0 unspecified atom stereocenters. The number of ether oxygens (including phenoxy) is 1. The molecule has 2 saturated heterocycles. The normalized spacial score (nSPS) is 25.5. The van der Waals surface area contributed by atoms with E-state index >= 15 is 4.79 Å². The fourth-order valence-corrected chi connectivity index (χ4v) is 9.45. The summed E-state index contributed by atoms with van der Waals surface area (Å²) in [6.07, 6.45) is -2.52. The fraction of sp³-hybridized carbons (Fsp3) is 0.256. The van der Waals surface area contributed by atoms with E-state index < -0.39 is 88.3 Å². The van der Waals surface area contributed by atoms with Gasteiger partial charge in [-0.25, -0.2) is 4.98 Å². The molecular weight excluding hydrogens is 791 g/mol. The number of methoxy groups -OCH3 is 1. The van der Waals surface area contributed by atoms with E-state index in [0.717, 1.165) is 4.90 Å². The molecule has 292 valence electrons. The molecule has 0 radical (unpaired) electrons. The number of aromatic nitrogens is 1. The third-order valence-corrected chi connectivity index (χ3v) is 12.1. The van der Waals surface area contributed by atoms with Crippen LogP contribution in [-0.2, 0) is 30.8 Å². The van der Waals surface area contributed by atoms with Crippen LogP contribution < -0.4 is 20.5 Å². The second-order valence-corrected chi connectivity index (χ2v) is 15.2. The predicted octanol–water partition coefficient (Wildman–Crippen LogP) is 4.99. The molecule has 4 amide bonds. The number of fused-ring (bicyclic) bond motifs is 4. The Kier molecular flexibility index (Phi) is 9.38. The SMILES string of the molecule is COc1cc([C@H]2C3=CC[C@@H]4C(=O)N(c5cccc(B(O)O)c5)C(=O)[C@@H]4[C@@H]3C[C@H]3C(=O)N(Nc4ncc(C(F)(F)F)cc4Cl)C(=O)[C@@]23c2ccc(Cl)cc2)ccc1O. The maximum Gasteiger partial charge on any atom is 0.488 e. The average Bonchev–Trinajstić information content (AvgIpc) is 3.56. The first-order valence-corrected chi connectivity index (χ1v) is 18.4. The van der Waals surface area contributed by atoms with Crippen molar-refractivity contribution >= 4 is 70.9 Å². The summed E-state index contributed by atoms with van der Waals surface area (Å²) in [5.41, 5.74) is 1.12. The van der Waals surface area contributed by atoms with Gasteiger partial charge in [0.25, 0.3) is 11.8 Å². The molecule has 4 aliphatic rings. The third-order valence-electron chi connectivity index (χ3n) is 11.5. The topological polar surface area (TPSA) is 170 Å². The number of carbonyl (C=O) groups excluding carboxylic acids is 4. The van der Waals surface area contributed by atoms with Gasteiger partial charge in [-0.15, -0.1) is 0 Å². The number of halogens is 5. The van der Waals surface area contributed by atoms with Crippen LogP contribution >= 0.6 is 23.2 Å². The Balaban J connectivity index is 1.31. The summed E-state index contributed by atoms with van der Waals surface area (Å²) in [7, 11) is -0.533. The molecule has 3 heterocycles. The predicted molar refractivity (Wildman–Crippen MR) is 200 cm³/mol. The van der Waals surface area contributed by atoms with Gasteiger partial charge in [0.2, 0.25) is 11.8 Å². The van der Waals surface area contributed by atoms with Crippen LogP contribution in [0.15, 0.2) is 90.6 Å². The number of imide groups is 2. The maximum atomic E-state index is 15.3. The van der Waals surface area contributed by atoms with Gasteiger partial charge in [0.15, 0.2) is 17.3 Å². The molecule has 8 rings (SSSR count). The number of phenols is 1. The molecule has 1 aromatic heterocycles. The summed E-state index contributed by atoms with van der Waals surface area (Å²) in [5, 5.41) is 30.8. The van der Waals surface area contributed by atoms with E-state index in [2.05, 4.69) is 10.4 Å². The molecular formula is C39H30BCl2F3N4O8. The highest BCUT2D eigenvalue weighted by atomic mass is 35.5. The number of aromatic hydroxyl groups is 1. The number of rotatable bonds is 7. The number of allylic oxidation sites excluding steroid dienone is 2. The van der Waals surface area contributed by atoms with Crippen LogP contribution in [0.3, 0.4) is 0 Å². The lowest BCUT2D eigenvalue weighted by atomic mass is 9.49. The minimum Gasteiger partial charge on any atom is -0.504 e. The molecule has 57 heavy (non-hydrogen) atoms. The minimum atomic E-state index is -4.78. The first-order valence-electron chi connectivity index (χ1n) is 17.6. The number of hydrazine groups is 1. The van der Waals surface area contributed by atoms with Crippen molar-refractivity contribution in [3.05, 3.63) is 117 Å². The number of nitrogens with one attached hydrogen (secondary N) is 1. The molecule has 12 nitrogen and oxygen atoms in total. The zero-order valence-electron chi connectivity index (χ0n) is 29.6. The van der Waals surface area contributed by atoms with E-state index in [0.29, 0.717) is 39.0 Å². The van der Waals surface area contributed by atoms with Crippen molar-refractivity contribution in [2.24, 2.45) is 23.7 Å². The van der Waals surface area contributed by atoms with Crippen molar-refractivity contribution in [3.8, 4) is 11.5 Å². The van der Waals surface area contributed by atoms with Crippen molar-refractivity contribution in [2.45, 2.75) is 30.4 Å². The van der Waals surface area contributed by atoms with Crippen LogP contribution in [0.1, 0.15) is 35.4 Å². The zero-order chi connectivity index (χ0) is 40.7. The molecule has 0 bridgehead atoms. The highest BCUT2D eigenvalue weighted by Crippen LogP contribution is 2.64. The summed E-state index contributed by atoms with van der Waals surface area (Å²) >= 11 is 12.6. The van der Waals surface area contributed by atoms with Crippen LogP contribution in [0.5, 0.6) is 11.5 Å². The molecule has 6 atom stereocenters. The number of hydrogen-bond acceptors (Lipinski definition) is 10. The van der Waals surface area contributed by atoms with E-state index in [4.69, 9.17) is 27.9 Å². The van der Waals surface area contributed by atoms with Crippen molar-refractivity contribution in [2.75, 3.05) is 17.4 Å². The number of nitrogens with zero attached hydrogens (tertiary/aromatic N) is 3. The molecule has 1 saturated carbocycles. The van der Waals surface area contributed by atoms with Gasteiger partial charge < -0.3 is 19.9 Å². The lowest BCUT2D eigenvalue weighted by Gasteiger charge is -2.50. The number of alkyl halides is 3. The van der Waals surface area contributed by atoms with Crippen molar-refractivity contribution in [3.63, 3.8) is 0 Å². The van der Waals surface area contributed by atoms with Gasteiger partial charge >= 0.3 is 13.3 Å². The van der Waals surface area contributed by atoms with E-state index in [1.54, 1.807) is 36.4 Å². The number of amides is 4. The van der Waals surface area contributed by atoms with Crippen LogP contribution in [-0.4, -0.2) is 63.0 Å². The fourth-order valence-electron chi connectivity index (χ4n) is 9.11. The Morgan fingerprint density at radius 2 is 1.68 bits per heavy atom. The van der Waals surface area contributed by atoms with Gasteiger partial charge in [-0.3, -0.25) is 29.5 Å². The highest BCUT2D eigenvalue weighted by Gasteiger charge is 2.70. The van der Waals surface area contributed by atoms with Crippen molar-refractivity contribution in [1.29, 1.82) is 0 Å². The van der Waals surface area contributed by atoms with Gasteiger partial charge in [-0.05, 0) is 77.8 Å². The van der Waals surface area contributed by atoms with Gasteiger partial charge in [-0.2, -0.15) is 18.2 Å². The molecule has 3 fully saturated rings. The van der Waals surface area contributed by atoms with Gasteiger partial charge in [-0.1, -0.05) is 65.2 Å². The van der Waals surface area contributed by atoms with Crippen LogP contribution in [0, 0.1) is 23.7 Å². The van der Waals surface area contributed by atoms with E-state index in [1.165, 1.54) is 43.5 Å². The number of anilines is 2. The Morgan fingerprint density at radius 3 is 2.35 bits per heavy atom. The second-order valence-electron chi connectivity index (χ2n) is 14.3. The van der Waals surface area contributed by atoms with E-state index in [9.17, 15) is 42.7 Å². The molecule has 18 heteroatoms. The Bertz CT molecular complexity index is 2400. The third kappa shape index (κ3) is 5.96. The summed E-state index contributed by atoms with van der Waals surface area (Å²) in [6, 6.07) is 17.1. The van der Waals surface area contributed by atoms with E-state index in [1.807, 2.05) is 0 Å². The minimum absolute atomic E-state index is 0.0449. The summed E-state index contributed by atoms with van der Waals surface area (Å²) < 4.78 is 45.9. The number of phenolic OH excluding ortho intramolecular Hbond substituents is 1. The Morgan fingerprint density at radius 1 is 0.947 bits per heavy atom.